The van der Waals surface area contributed by atoms with E-state index in [-0.39, 0.29) is 17.6 Å². The normalized spacial score (nSPS) is 22.8. The molecule has 92 valence electrons. The molecule has 1 saturated heterocycles. The molecule has 1 amide bonds. The summed E-state index contributed by atoms with van der Waals surface area (Å²) in [6.45, 7) is 8.82. The fourth-order valence-corrected chi connectivity index (χ4v) is 2.26. The van der Waals surface area contributed by atoms with Gasteiger partial charge >= 0.3 is 6.09 Å². The summed E-state index contributed by atoms with van der Waals surface area (Å²) >= 11 is 0. The van der Waals surface area contributed by atoms with Gasteiger partial charge in [-0.05, 0) is 25.0 Å². The van der Waals surface area contributed by atoms with Crippen LogP contribution in [0.1, 0.15) is 36.6 Å². The largest absolute Gasteiger partial charge is 0.449 e. The highest BCUT2D eigenvalue weighted by atomic mass is 16.6. The first-order valence-electron chi connectivity index (χ1n) is 5.90. The van der Waals surface area contributed by atoms with Crippen LogP contribution in [-0.4, -0.2) is 12.7 Å². The Bertz CT molecular complexity index is 452. The molecule has 1 N–H and O–H groups in total. The minimum Gasteiger partial charge on any atom is -0.449 e. The second-order valence-electron chi connectivity index (χ2n) is 5.50. The van der Waals surface area contributed by atoms with Crippen LogP contribution in [0.4, 0.5) is 4.79 Å². The number of hydrogen-bond acceptors (Lipinski definition) is 2. The van der Waals surface area contributed by atoms with E-state index >= 15 is 0 Å². The number of amides is 1. The summed E-state index contributed by atoms with van der Waals surface area (Å²) < 4.78 is 5.06. The van der Waals surface area contributed by atoms with E-state index in [1.165, 1.54) is 16.7 Å². The zero-order valence-electron chi connectivity index (χ0n) is 10.8. The first-order valence-corrected chi connectivity index (χ1v) is 5.90. The molecule has 2 rings (SSSR count). The lowest BCUT2D eigenvalue weighted by atomic mass is 9.78. The SMILES string of the molecule is Cc1ccc(C)c([C@@H]2NC(=O)OCC2(C)C)c1. The van der Waals surface area contributed by atoms with Gasteiger partial charge in [-0.2, -0.15) is 0 Å². The lowest BCUT2D eigenvalue weighted by Crippen LogP contribution is -2.47. The van der Waals surface area contributed by atoms with E-state index in [9.17, 15) is 4.79 Å². The maximum absolute atomic E-state index is 11.4. The Balaban J connectivity index is 2.42. The van der Waals surface area contributed by atoms with E-state index in [0.29, 0.717) is 6.61 Å². The summed E-state index contributed by atoms with van der Waals surface area (Å²) in [7, 11) is 0. The fourth-order valence-electron chi connectivity index (χ4n) is 2.26. The first-order chi connectivity index (χ1) is 7.90. The second-order valence-corrected chi connectivity index (χ2v) is 5.50. The van der Waals surface area contributed by atoms with E-state index in [2.05, 4.69) is 51.2 Å². The third kappa shape index (κ3) is 2.28. The van der Waals surface area contributed by atoms with Gasteiger partial charge in [-0.25, -0.2) is 4.79 Å². The topological polar surface area (TPSA) is 38.3 Å². The zero-order chi connectivity index (χ0) is 12.6. The van der Waals surface area contributed by atoms with Gasteiger partial charge in [0, 0.05) is 5.41 Å². The standard InChI is InChI=1S/C14H19NO2/c1-9-5-6-10(2)11(7-9)12-14(3,4)8-17-13(16)15-12/h5-7,12H,8H2,1-4H3,(H,15,16)/t12-/m0/s1. The van der Waals surface area contributed by atoms with Gasteiger partial charge in [-0.15, -0.1) is 0 Å². The van der Waals surface area contributed by atoms with Gasteiger partial charge in [-0.3, -0.25) is 0 Å². The number of cyclic esters (lactones) is 1. The third-order valence-corrected chi connectivity index (χ3v) is 3.36. The smallest absolute Gasteiger partial charge is 0.407 e. The molecule has 1 atom stereocenters. The van der Waals surface area contributed by atoms with Crippen molar-refractivity contribution in [3.63, 3.8) is 0 Å². The van der Waals surface area contributed by atoms with Gasteiger partial charge in [0.25, 0.3) is 0 Å². The van der Waals surface area contributed by atoms with Crippen molar-refractivity contribution in [2.24, 2.45) is 5.41 Å². The van der Waals surface area contributed by atoms with Gasteiger partial charge in [0.05, 0.1) is 6.04 Å². The molecular weight excluding hydrogens is 214 g/mol. The number of benzene rings is 1. The van der Waals surface area contributed by atoms with Gasteiger partial charge in [0.1, 0.15) is 6.61 Å². The molecular formula is C14H19NO2. The minimum atomic E-state index is -0.324. The molecule has 3 nitrogen and oxygen atoms in total. The quantitative estimate of drug-likeness (QED) is 0.809. The van der Waals surface area contributed by atoms with Crippen molar-refractivity contribution < 1.29 is 9.53 Å². The number of ether oxygens (including phenoxy) is 1. The van der Waals surface area contributed by atoms with Gasteiger partial charge in [0.2, 0.25) is 0 Å². The summed E-state index contributed by atoms with van der Waals surface area (Å²) in [5, 5.41) is 2.93. The van der Waals surface area contributed by atoms with Gasteiger partial charge in [-0.1, -0.05) is 37.6 Å². The number of carbonyl (C=O) groups is 1. The number of rotatable bonds is 1. The molecule has 0 bridgehead atoms. The van der Waals surface area contributed by atoms with Crippen LogP contribution in [0.15, 0.2) is 18.2 Å². The van der Waals surface area contributed by atoms with Crippen LogP contribution in [0, 0.1) is 19.3 Å². The van der Waals surface area contributed by atoms with Crippen molar-refractivity contribution in [1.29, 1.82) is 0 Å². The molecule has 1 heterocycles. The van der Waals surface area contributed by atoms with Crippen LogP contribution in [0.25, 0.3) is 0 Å². The number of hydrogen-bond donors (Lipinski definition) is 1. The average molecular weight is 233 g/mol. The van der Waals surface area contributed by atoms with Crippen LogP contribution in [0.3, 0.4) is 0 Å². The monoisotopic (exact) mass is 233 g/mol. The Kier molecular flexibility index (Phi) is 2.86. The molecule has 0 aromatic heterocycles. The van der Waals surface area contributed by atoms with E-state index in [1.54, 1.807) is 0 Å². The van der Waals surface area contributed by atoms with Crippen molar-refractivity contribution in [3.05, 3.63) is 34.9 Å². The highest BCUT2D eigenvalue weighted by molar-refractivity contribution is 5.69. The number of carbonyl (C=O) groups excluding carboxylic acids is 1. The molecule has 0 spiro atoms. The van der Waals surface area contributed by atoms with Gasteiger partial charge in [0.15, 0.2) is 0 Å². The summed E-state index contributed by atoms with van der Waals surface area (Å²) in [5.74, 6) is 0. The van der Waals surface area contributed by atoms with E-state index in [1.807, 2.05) is 0 Å². The predicted octanol–water partition coefficient (Wildman–Crippen LogP) is 3.11. The molecule has 1 fully saturated rings. The third-order valence-electron chi connectivity index (χ3n) is 3.36. The summed E-state index contributed by atoms with van der Waals surface area (Å²) in [6.07, 6.45) is -0.324. The van der Waals surface area contributed by atoms with Crippen LogP contribution in [0.2, 0.25) is 0 Å². The Morgan fingerprint density at radius 2 is 2.06 bits per heavy atom. The number of nitrogens with one attached hydrogen (secondary N) is 1. The van der Waals surface area contributed by atoms with Crippen molar-refractivity contribution in [2.75, 3.05) is 6.61 Å². The lowest BCUT2D eigenvalue weighted by Gasteiger charge is -2.39. The molecule has 1 aromatic carbocycles. The molecule has 0 saturated carbocycles. The lowest BCUT2D eigenvalue weighted by molar-refractivity contribution is 0.0385. The van der Waals surface area contributed by atoms with Crippen LogP contribution < -0.4 is 5.32 Å². The van der Waals surface area contributed by atoms with Crippen molar-refractivity contribution >= 4 is 6.09 Å². The van der Waals surface area contributed by atoms with Crippen LogP contribution >= 0.6 is 0 Å². The molecule has 0 radical (unpaired) electrons. The highest BCUT2D eigenvalue weighted by Gasteiger charge is 2.38. The summed E-state index contributed by atoms with van der Waals surface area (Å²) in [6, 6.07) is 6.35. The molecule has 1 aliphatic heterocycles. The Labute approximate surface area is 102 Å². The number of alkyl carbamates (subject to hydrolysis) is 1. The Hall–Kier alpha value is -1.51. The Morgan fingerprint density at radius 3 is 2.76 bits per heavy atom. The summed E-state index contributed by atoms with van der Waals surface area (Å²) in [4.78, 5) is 11.4. The fraction of sp³-hybridized carbons (Fsp3) is 0.500. The molecule has 3 heteroatoms. The van der Waals surface area contributed by atoms with Crippen molar-refractivity contribution in [1.82, 2.24) is 5.32 Å². The average Bonchev–Trinajstić information content (AvgIpc) is 2.26. The second kappa shape index (κ2) is 4.06. The van der Waals surface area contributed by atoms with E-state index < -0.39 is 0 Å². The van der Waals surface area contributed by atoms with Crippen LogP contribution in [-0.2, 0) is 4.74 Å². The molecule has 1 aromatic rings. The maximum Gasteiger partial charge on any atom is 0.407 e. The highest BCUT2D eigenvalue weighted by Crippen LogP contribution is 2.37. The molecule has 0 unspecified atom stereocenters. The molecule has 0 aliphatic carbocycles. The minimum absolute atomic E-state index is 0.0173. The Morgan fingerprint density at radius 1 is 1.35 bits per heavy atom. The number of aryl methyl sites for hydroxylation is 2. The predicted molar refractivity (Wildman–Crippen MR) is 66.9 cm³/mol. The van der Waals surface area contributed by atoms with Crippen LogP contribution in [0.5, 0.6) is 0 Å². The van der Waals surface area contributed by atoms with E-state index in [0.717, 1.165) is 0 Å². The van der Waals surface area contributed by atoms with Crippen molar-refractivity contribution in [3.8, 4) is 0 Å². The van der Waals surface area contributed by atoms with Gasteiger partial charge < -0.3 is 10.1 Å². The van der Waals surface area contributed by atoms with E-state index in [4.69, 9.17) is 4.74 Å². The molecule has 1 aliphatic rings. The first kappa shape index (κ1) is 12.0. The van der Waals surface area contributed by atoms with Crippen molar-refractivity contribution in [2.45, 2.75) is 33.7 Å². The zero-order valence-corrected chi connectivity index (χ0v) is 10.8. The maximum atomic E-state index is 11.4. The molecule has 17 heavy (non-hydrogen) atoms. The summed E-state index contributed by atoms with van der Waals surface area (Å²) in [5.41, 5.74) is 3.51.